The van der Waals surface area contributed by atoms with Crippen molar-refractivity contribution in [3.8, 4) is 0 Å². The van der Waals surface area contributed by atoms with Gasteiger partial charge in [-0.25, -0.2) is 0 Å². The van der Waals surface area contributed by atoms with Crippen molar-refractivity contribution < 1.29 is 9.59 Å². The highest BCUT2D eigenvalue weighted by Gasteiger charge is 2.41. The molecule has 0 N–H and O–H groups in total. The van der Waals surface area contributed by atoms with E-state index in [-0.39, 0.29) is 24.4 Å². The summed E-state index contributed by atoms with van der Waals surface area (Å²) >= 11 is 7.84. The fraction of sp³-hybridized carbons (Fsp3) is 0.407. The molecule has 2 heterocycles. The summed E-state index contributed by atoms with van der Waals surface area (Å²) in [6.07, 6.45) is 6.28. The molecule has 2 aromatic rings. The zero-order valence-electron chi connectivity index (χ0n) is 19.2. The van der Waals surface area contributed by atoms with Gasteiger partial charge in [-0.3, -0.25) is 9.59 Å². The van der Waals surface area contributed by atoms with E-state index in [1.165, 1.54) is 12.1 Å². The minimum atomic E-state index is -0.0237. The summed E-state index contributed by atoms with van der Waals surface area (Å²) in [7, 11) is 0. The van der Waals surface area contributed by atoms with Gasteiger partial charge in [-0.2, -0.15) is 0 Å². The highest BCUT2D eigenvalue weighted by Crippen LogP contribution is 2.42. The summed E-state index contributed by atoms with van der Waals surface area (Å²) in [5, 5.41) is 0.999. The summed E-state index contributed by atoms with van der Waals surface area (Å²) in [6.45, 7) is 3.16. The highest BCUT2D eigenvalue weighted by atomic mass is 35.5. The van der Waals surface area contributed by atoms with E-state index in [1.54, 1.807) is 11.8 Å². The Bertz CT molecular complexity index is 1070. The second-order valence-corrected chi connectivity index (χ2v) is 10.9. The number of hydrogen-bond donors (Lipinski definition) is 0. The summed E-state index contributed by atoms with van der Waals surface area (Å²) in [6, 6.07) is 18.0. The number of halogens is 1. The van der Waals surface area contributed by atoms with E-state index in [9.17, 15) is 9.59 Å². The van der Waals surface area contributed by atoms with Crippen LogP contribution in [0.2, 0.25) is 5.02 Å². The van der Waals surface area contributed by atoms with Gasteiger partial charge in [0.2, 0.25) is 5.91 Å². The lowest BCUT2D eigenvalue weighted by atomic mass is 9.93. The van der Waals surface area contributed by atoms with E-state index in [4.69, 9.17) is 11.6 Å². The first kappa shape index (κ1) is 23.3. The van der Waals surface area contributed by atoms with Crippen molar-refractivity contribution in [2.45, 2.75) is 37.0 Å². The minimum absolute atomic E-state index is 0.0237. The lowest BCUT2D eigenvalue weighted by Gasteiger charge is -2.45. The molecule has 2 unspecified atom stereocenters. The molecule has 2 saturated heterocycles. The van der Waals surface area contributed by atoms with Gasteiger partial charge in [-0.1, -0.05) is 54.8 Å². The quantitative estimate of drug-likeness (QED) is 0.565. The molecule has 0 spiro atoms. The second kappa shape index (κ2) is 10.4. The zero-order valence-corrected chi connectivity index (χ0v) is 20.8. The molecular formula is C27H30ClN3O2S. The molecule has 1 aliphatic carbocycles. The smallest absolute Gasteiger partial charge is 0.261 e. The van der Waals surface area contributed by atoms with Gasteiger partial charge in [0, 0.05) is 48.2 Å². The van der Waals surface area contributed by atoms with Crippen LogP contribution in [0, 0.1) is 0 Å². The molecule has 2 atom stereocenters. The third kappa shape index (κ3) is 5.13. The summed E-state index contributed by atoms with van der Waals surface area (Å²) < 4.78 is 0. The molecule has 34 heavy (non-hydrogen) atoms. The third-order valence-corrected chi connectivity index (χ3v) is 8.66. The lowest BCUT2D eigenvalue weighted by molar-refractivity contribution is -0.140. The Kier molecular flexibility index (Phi) is 7.16. The van der Waals surface area contributed by atoms with E-state index in [1.807, 2.05) is 58.3 Å². The number of rotatable bonds is 4. The molecule has 5 rings (SSSR count). The van der Waals surface area contributed by atoms with Crippen molar-refractivity contribution in [1.29, 1.82) is 0 Å². The van der Waals surface area contributed by atoms with Gasteiger partial charge < -0.3 is 14.7 Å². The Balaban J connectivity index is 1.29. The lowest BCUT2D eigenvalue weighted by Crippen LogP contribution is -2.57. The van der Waals surface area contributed by atoms with Crippen LogP contribution in [-0.4, -0.2) is 65.6 Å². The maximum atomic E-state index is 13.5. The van der Waals surface area contributed by atoms with Gasteiger partial charge >= 0.3 is 0 Å². The van der Waals surface area contributed by atoms with Crippen molar-refractivity contribution in [2.24, 2.45) is 0 Å². The minimum Gasteiger partial charge on any atom is -0.368 e. The van der Waals surface area contributed by atoms with Gasteiger partial charge in [0.05, 0.1) is 4.91 Å². The van der Waals surface area contributed by atoms with Crippen LogP contribution in [0.5, 0.6) is 0 Å². The Morgan fingerprint density at radius 2 is 1.76 bits per heavy atom. The molecule has 3 fully saturated rings. The molecule has 7 heteroatoms. The second-order valence-electron chi connectivity index (χ2n) is 9.21. The molecule has 5 nitrogen and oxygen atoms in total. The first-order chi connectivity index (χ1) is 16.6. The molecular weight excluding hydrogens is 466 g/mol. The molecule has 1 saturated carbocycles. The average Bonchev–Trinajstić information content (AvgIpc) is 2.87. The number of anilines is 1. The molecule has 178 valence electrons. The van der Waals surface area contributed by atoms with Crippen molar-refractivity contribution in [3.63, 3.8) is 0 Å². The fourth-order valence-corrected chi connectivity index (χ4v) is 6.88. The number of para-hydroxylation sites is 1. The van der Waals surface area contributed by atoms with E-state index < -0.39 is 0 Å². The van der Waals surface area contributed by atoms with Crippen LogP contribution in [0.1, 0.15) is 31.2 Å². The number of piperazine rings is 1. The fourth-order valence-electron chi connectivity index (χ4n) is 5.21. The molecule has 2 aromatic carbocycles. The maximum absolute atomic E-state index is 13.5. The third-order valence-electron chi connectivity index (χ3n) is 7.02. The molecule has 2 amide bonds. The van der Waals surface area contributed by atoms with Crippen LogP contribution < -0.4 is 4.90 Å². The predicted octanol–water partition coefficient (Wildman–Crippen LogP) is 4.92. The molecule has 3 aliphatic rings. The van der Waals surface area contributed by atoms with Gasteiger partial charge in [-0.15, -0.1) is 11.8 Å². The van der Waals surface area contributed by atoms with Crippen LogP contribution in [0.3, 0.4) is 0 Å². The largest absolute Gasteiger partial charge is 0.368 e. The number of nitrogens with zero attached hydrogens (tertiary/aromatic N) is 3. The van der Waals surface area contributed by atoms with Crippen molar-refractivity contribution >= 4 is 46.9 Å². The first-order valence-electron chi connectivity index (χ1n) is 12.1. The Morgan fingerprint density at radius 3 is 2.53 bits per heavy atom. The number of benzene rings is 2. The van der Waals surface area contributed by atoms with Gasteiger partial charge in [0.25, 0.3) is 5.91 Å². The Hall–Kier alpha value is -2.44. The number of hydrogen-bond acceptors (Lipinski definition) is 4. The zero-order chi connectivity index (χ0) is 23.5. The molecule has 0 bridgehead atoms. The SMILES string of the molecule is O=C(CN1C(=O)/C(=C/c2cccc(Cl)c2)SC2CCCCC21)N1CCN(c2ccccc2)CC1. The predicted molar refractivity (Wildman–Crippen MR) is 140 cm³/mol. The summed E-state index contributed by atoms with van der Waals surface area (Å²) in [5.41, 5.74) is 2.11. The molecule has 0 radical (unpaired) electrons. The van der Waals surface area contributed by atoms with Crippen LogP contribution in [-0.2, 0) is 9.59 Å². The van der Waals surface area contributed by atoms with Crippen molar-refractivity contribution in [1.82, 2.24) is 9.80 Å². The highest BCUT2D eigenvalue weighted by molar-refractivity contribution is 8.04. The van der Waals surface area contributed by atoms with Gasteiger partial charge in [-0.05, 0) is 48.7 Å². The van der Waals surface area contributed by atoms with Crippen molar-refractivity contribution in [3.05, 3.63) is 70.1 Å². The Morgan fingerprint density at radius 1 is 1.00 bits per heavy atom. The van der Waals surface area contributed by atoms with E-state index in [0.717, 1.165) is 37.9 Å². The molecule has 0 aromatic heterocycles. The monoisotopic (exact) mass is 495 g/mol. The van der Waals surface area contributed by atoms with E-state index >= 15 is 0 Å². The van der Waals surface area contributed by atoms with Crippen LogP contribution in [0.15, 0.2) is 59.5 Å². The molecule has 2 aliphatic heterocycles. The maximum Gasteiger partial charge on any atom is 0.261 e. The van der Waals surface area contributed by atoms with E-state index in [0.29, 0.717) is 28.3 Å². The summed E-state index contributed by atoms with van der Waals surface area (Å²) in [4.78, 5) is 33.7. The normalized spacial score (nSPS) is 24.3. The number of thioether (sulfide) groups is 1. The topological polar surface area (TPSA) is 43.9 Å². The van der Waals surface area contributed by atoms with Crippen LogP contribution >= 0.6 is 23.4 Å². The summed E-state index contributed by atoms with van der Waals surface area (Å²) in [5.74, 6) is 0.0313. The standard InChI is InChI=1S/C27H30ClN3O2S/c28-21-8-6-7-20(17-21)18-25-27(33)31(23-11-4-5-12-24(23)34-25)19-26(32)30-15-13-29(14-16-30)22-9-2-1-3-10-22/h1-3,6-10,17-18,23-24H,4-5,11-16,19H2/b25-18-. The first-order valence-corrected chi connectivity index (χ1v) is 13.4. The van der Waals surface area contributed by atoms with E-state index in [2.05, 4.69) is 17.0 Å². The van der Waals surface area contributed by atoms with Gasteiger partial charge in [0.15, 0.2) is 0 Å². The van der Waals surface area contributed by atoms with Crippen LogP contribution in [0.4, 0.5) is 5.69 Å². The van der Waals surface area contributed by atoms with Gasteiger partial charge in [0.1, 0.15) is 6.54 Å². The Labute approximate surface area is 210 Å². The number of carbonyl (C=O) groups excluding carboxylic acids is 2. The number of amides is 2. The average molecular weight is 496 g/mol. The van der Waals surface area contributed by atoms with Crippen LogP contribution in [0.25, 0.3) is 6.08 Å². The number of carbonyl (C=O) groups is 2. The van der Waals surface area contributed by atoms with Crippen molar-refractivity contribution in [2.75, 3.05) is 37.6 Å². The number of fused-ring (bicyclic) bond motifs is 1.